The second-order valence-corrected chi connectivity index (χ2v) is 7.32. The molecule has 1 atom stereocenters. The minimum Gasteiger partial charge on any atom is -0.487 e. The van der Waals surface area contributed by atoms with Crippen molar-refractivity contribution in [2.45, 2.75) is 31.9 Å². The van der Waals surface area contributed by atoms with Gasteiger partial charge in [-0.25, -0.2) is 4.39 Å². The smallest absolute Gasteiger partial charge is 0.262 e. The first kappa shape index (κ1) is 17.3. The molecule has 2 aliphatic heterocycles. The number of rotatable bonds is 2. The van der Waals surface area contributed by atoms with Gasteiger partial charge in [0.25, 0.3) is 11.8 Å². The van der Waals surface area contributed by atoms with Crippen molar-refractivity contribution < 1.29 is 23.5 Å². The molecule has 2 aromatic rings. The lowest BCUT2D eigenvalue weighted by Crippen LogP contribution is -2.41. The lowest BCUT2D eigenvalue weighted by Gasteiger charge is -2.38. The third-order valence-corrected chi connectivity index (χ3v) is 4.61. The summed E-state index contributed by atoms with van der Waals surface area (Å²) in [5.41, 5.74) is 1.15. The van der Waals surface area contributed by atoms with E-state index in [9.17, 15) is 14.0 Å². The van der Waals surface area contributed by atoms with E-state index in [0.29, 0.717) is 29.2 Å². The van der Waals surface area contributed by atoms with Crippen molar-refractivity contribution >= 4 is 17.5 Å². The molecule has 0 saturated heterocycles. The minimum absolute atomic E-state index is 0.0782. The van der Waals surface area contributed by atoms with Crippen LogP contribution in [0.1, 0.15) is 42.2 Å². The highest BCUT2D eigenvalue weighted by molar-refractivity contribution is 5.99. The number of carbonyl (C=O) groups is 2. The Balaban J connectivity index is 1.59. The van der Waals surface area contributed by atoms with Crippen molar-refractivity contribution in [3.63, 3.8) is 0 Å². The van der Waals surface area contributed by atoms with Gasteiger partial charge >= 0.3 is 0 Å². The van der Waals surface area contributed by atoms with Gasteiger partial charge in [-0.2, -0.15) is 0 Å². The number of fused-ring (bicyclic) bond motifs is 2. The summed E-state index contributed by atoms with van der Waals surface area (Å²) in [5, 5.41) is 5.69. The SMILES string of the molecule is CC1(C)CC(NC(=O)c2ccc3c(c2)OCC(=O)N3)c2ccc(F)cc2O1. The van der Waals surface area contributed by atoms with Crippen LogP contribution in [-0.4, -0.2) is 24.0 Å². The number of halogens is 1. The number of hydrogen-bond acceptors (Lipinski definition) is 4. The molecule has 6 nitrogen and oxygen atoms in total. The van der Waals surface area contributed by atoms with Crippen molar-refractivity contribution in [2.75, 3.05) is 11.9 Å². The standard InChI is InChI=1S/C20H19FN2O4/c1-20(2)9-15(13-5-4-12(21)8-16(13)27-20)23-19(25)11-3-6-14-17(7-11)26-10-18(24)22-14/h3-8,15H,9-10H2,1-2H3,(H,22,24)(H,23,25). The number of amides is 2. The molecule has 4 rings (SSSR count). The van der Waals surface area contributed by atoms with E-state index in [1.807, 2.05) is 13.8 Å². The highest BCUT2D eigenvalue weighted by Gasteiger charge is 2.35. The van der Waals surface area contributed by atoms with E-state index in [0.717, 1.165) is 5.56 Å². The van der Waals surface area contributed by atoms with E-state index in [1.165, 1.54) is 12.1 Å². The zero-order valence-corrected chi connectivity index (χ0v) is 15.0. The summed E-state index contributed by atoms with van der Waals surface area (Å²) in [6.45, 7) is 3.72. The Bertz CT molecular complexity index is 942. The molecule has 0 aliphatic carbocycles. The molecular weight excluding hydrogens is 351 g/mol. The fourth-order valence-electron chi connectivity index (χ4n) is 3.41. The van der Waals surface area contributed by atoms with Crippen LogP contribution in [0.4, 0.5) is 10.1 Å². The molecule has 2 N–H and O–H groups in total. The molecule has 0 bridgehead atoms. The fourth-order valence-corrected chi connectivity index (χ4v) is 3.41. The summed E-state index contributed by atoms with van der Waals surface area (Å²) in [4.78, 5) is 24.1. The van der Waals surface area contributed by atoms with Gasteiger partial charge in [0.15, 0.2) is 6.61 Å². The monoisotopic (exact) mass is 370 g/mol. The highest BCUT2D eigenvalue weighted by atomic mass is 19.1. The predicted octanol–water partition coefficient (Wildman–Crippen LogP) is 3.19. The number of carbonyl (C=O) groups excluding carboxylic acids is 2. The summed E-state index contributed by atoms with van der Waals surface area (Å²) in [7, 11) is 0. The maximum atomic E-state index is 13.6. The number of nitrogens with one attached hydrogen (secondary N) is 2. The Morgan fingerprint density at radius 2 is 2.04 bits per heavy atom. The normalized spacial score (nSPS) is 19.7. The second-order valence-electron chi connectivity index (χ2n) is 7.32. The number of hydrogen-bond donors (Lipinski definition) is 2. The molecule has 0 fully saturated rings. The molecule has 2 aromatic carbocycles. The number of benzene rings is 2. The quantitative estimate of drug-likeness (QED) is 0.851. The van der Waals surface area contributed by atoms with Crippen LogP contribution in [-0.2, 0) is 4.79 Å². The van der Waals surface area contributed by atoms with Gasteiger partial charge in [0, 0.05) is 23.6 Å². The third kappa shape index (κ3) is 3.45. The van der Waals surface area contributed by atoms with E-state index in [4.69, 9.17) is 9.47 Å². The van der Waals surface area contributed by atoms with E-state index >= 15 is 0 Å². The Morgan fingerprint density at radius 3 is 2.85 bits per heavy atom. The number of ether oxygens (including phenoxy) is 2. The summed E-state index contributed by atoms with van der Waals surface area (Å²) < 4.78 is 24.8. The van der Waals surface area contributed by atoms with Crippen LogP contribution in [0.15, 0.2) is 36.4 Å². The van der Waals surface area contributed by atoms with Gasteiger partial charge in [-0.15, -0.1) is 0 Å². The van der Waals surface area contributed by atoms with Crippen LogP contribution in [0, 0.1) is 5.82 Å². The molecular formula is C20H19FN2O4. The van der Waals surface area contributed by atoms with Gasteiger partial charge in [-0.1, -0.05) is 6.07 Å². The van der Waals surface area contributed by atoms with Crippen molar-refractivity contribution in [3.05, 3.63) is 53.3 Å². The lowest BCUT2D eigenvalue weighted by atomic mass is 9.89. The van der Waals surface area contributed by atoms with Crippen LogP contribution in [0.3, 0.4) is 0 Å². The summed E-state index contributed by atoms with van der Waals surface area (Å²) in [6, 6.07) is 8.88. The average Bonchev–Trinajstić information content (AvgIpc) is 2.59. The molecule has 0 saturated carbocycles. The fraction of sp³-hybridized carbons (Fsp3) is 0.300. The minimum atomic E-state index is -0.540. The first-order valence-electron chi connectivity index (χ1n) is 8.67. The zero-order valence-electron chi connectivity index (χ0n) is 15.0. The van der Waals surface area contributed by atoms with Crippen LogP contribution in [0.25, 0.3) is 0 Å². The van der Waals surface area contributed by atoms with E-state index < -0.39 is 5.60 Å². The maximum Gasteiger partial charge on any atom is 0.262 e. The topological polar surface area (TPSA) is 76.7 Å². The van der Waals surface area contributed by atoms with E-state index in [2.05, 4.69) is 10.6 Å². The molecule has 0 spiro atoms. The molecule has 27 heavy (non-hydrogen) atoms. The Morgan fingerprint density at radius 1 is 1.22 bits per heavy atom. The Hall–Kier alpha value is -3.09. The third-order valence-electron chi connectivity index (χ3n) is 4.61. The zero-order chi connectivity index (χ0) is 19.2. The molecule has 7 heteroatoms. The summed E-state index contributed by atoms with van der Waals surface area (Å²) >= 11 is 0. The van der Waals surface area contributed by atoms with Gasteiger partial charge in [-0.3, -0.25) is 9.59 Å². The maximum absolute atomic E-state index is 13.6. The summed E-state index contributed by atoms with van der Waals surface area (Å²) in [5.74, 6) is -0.000252. The van der Waals surface area contributed by atoms with Gasteiger partial charge in [-0.05, 0) is 38.1 Å². The molecule has 1 unspecified atom stereocenters. The lowest BCUT2D eigenvalue weighted by molar-refractivity contribution is -0.118. The highest BCUT2D eigenvalue weighted by Crippen LogP contribution is 2.40. The van der Waals surface area contributed by atoms with Crippen molar-refractivity contribution in [2.24, 2.45) is 0 Å². The van der Waals surface area contributed by atoms with Crippen LogP contribution >= 0.6 is 0 Å². The van der Waals surface area contributed by atoms with Gasteiger partial charge in [0.05, 0.1) is 11.7 Å². The van der Waals surface area contributed by atoms with E-state index in [-0.39, 0.29) is 30.3 Å². The van der Waals surface area contributed by atoms with Gasteiger partial charge in [0.1, 0.15) is 22.9 Å². The van der Waals surface area contributed by atoms with Gasteiger partial charge in [0.2, 0.25) is 0 Å². The molecule has 2 heterocycles. The molecule has 2 amide bonds. The van der Waals surface area contributed by atoms with Crippen molar-refractivity contribution in [3.8, 4) is 11.5 Å². The predicted molar refractivity (Wildman–Crippen MR) is 96.5 cm³/mol. The van der Waals surface area contributed by atoms with Crippen LogP contribution < -0.4 is 20.1 Å². The molecule has 2 aliphatic rings. The molecule has 140 valence electrons. The first-order valence-corrected chi connectivity index (χ1v) is 8.67. The van der Waals surface area contributed by atoms with E-state index in [1.54, 1.807) is 24.3 Å². The first-order chi connectivity index (χ1) is 12.8. The summed E-state index contributed by atoms with van der Waals surface area (Å²) in [6.07, 6.45) is 0.550. The van der Waals surface area contributed by atoms with Crippen molar-refractivity contribution in [1.82, 2.24) is 5.32 Å². The van der Waals surface area contributed by atoms with Crippen molar-refractivity contribution in [1.29, 1.82) is 0 Å². The second kappa shape index (κ2) is 6.26. The number of anilines is 1. The average molecular weight is 370 g/mol. The van der Waals surface area contributed by atoms with Gasteiger partial charge < -0.3 is 20.1 Å². The largest absolute Gasteiger partial charge is 0.487 e. The molecule has 0 radical (unpaired) electrons. The van der Waals surface area contributed by atoms with Crippen LogP contribution in [0.2, 0.25) is 0 Å². The Kier molecular flexibility index (Phi) is 4.02. The van der Waals surface area contributed by atoms with Crippen LogP contribution in [0.5, 0.6) is 11.5 Å². The molecule has 0 aromatic heterocycles. The Labute approximate surface area is 155 Å².